The van der Waals surface area contributed by atoms with Crippen LogP contribution in [0.3, 0.4) is 0 Å². The number of nitrogens with one attached hydrogen (secondary N) is 1. The summed E-state index contributed by atoms with van der Waals surface area (Å²) in [5, 5.41) is 3.57. The molecule has 92 valence electrons. The van der Waals surface area contributed by atoms with Crippen molar-refractivity contribution in [3.63, 3.8) is 0 Å². The zero-order valence-corrected chi connectivity index (χ0v) is 11.3. The molecular weight excluding hydrogens is 184 g/mol. The summed E-state index contributed by atoms with van der Waals surface area (Å²) in [6.45, 7) is 11.4. The third kappa shape index (κ3) is 7.80. The molecular formula is C13H30N2. The van der Waals surface area contributed by atoms with Gasteiger partial charge in [-0.15, -0.1) is 0 Å². The number of likely N-dealkylation sites (N-methyl/N-ethyl adjacent to an activating group) is 1. The van der Waals surface area contributed by atoms with E-state index in [4.69, 9.17) is 0 Å². The van der Waals surface area contributed by atoms with Crippen LogP contribution in [0.5, 0.6) is 0 Å². The molecule has 0 amide bonds. The maximum absolute atomic E-state index is 3.57. The monoisotopic (exact) mass is 214 g/mol. The second kappa shape index (κ2) is 9.17. The summed E-state index contributed by atoms with van der Waals surface area (Å²) in [5.74, 6) is 0. The molecule has 2 atom stereocenters. The van der Waals surface area contributed by atoms with Crippen molar-refractivity contribution in [1.82, 2.24) is 10.2 Å². The van der Waals surface area contributed by atoms with Crippen LogP contribution < -0.4 is 5.32 Å². The van der Waals surface area contributed by atoms with Crippen LogP contribution in [0, 0.1) is 0 Å². The van der Waals surface area contributed by atoms with Gasteiger partial charge in [0.1, 0.15) is 0 Å². The predicted molar refractivity (Wildman–Crippen MR) is 69.4 cm³/mol. The molecule has 2 heteroatoms. The van der Waals surface area contributed by atoms with Gasteiger partial charge in [-0.05, 0) is 33.7 Å². The van der Waals surface area contributed by atoms with E-state index in [1.807, 2.05) is 0 Å². The topological polar surface area (TPSA) is 15.3 Å². The number of hydrogen-bond donors (Lipinski definition) is 1. The zero-order valence-electron chi connectivity index (χ0n) is 11.3. The van der Waals surface area contributed by atoms with Crippen LogP contribution in [0.1, 0.15) is 53.4 Å². The van der Waals surface area contributed by atoms with Crippen molar-refractivity contribution in [2.45, 2.75) is 65.5 Å². The molecule has 0 saturated heterocycles. The van der Waals surface area contributed by atoms with Gasteiger partial charge in [0.25, 0.3) is 0 Å². The quantitative estimate of drug-likeness (QED) is 0.635. The van der Waals surface area contributed by atoms with Gasteiger partial charge in [-0.1, -0.05) is 26.7 Å². The van der Waals surface area contributed by atoms with E-state index in [0.29, 0.717) is 6.04 Å². The summed E-state index contributed by atoms with van der Waals surface area (Å²) in [4.78, 5) is 2.45. The third-order valence-corrected chi connectivity index (χ3v) is 3.14. The van der Waals surface area contributed by atoms with E-state index in [-0.39, 0.29) is 0 Å². The molecule has 0 rings (SSSR count). The van der Waals surface area contributed by atoms with Gasteiger partial charge in [0.15, 0.2) is 0 Å². The first-order valence-corrected chi connectivity index (χ1v) is 6.55. The molecule has 0 bridgehead atoms. The van der Waals surface area contributed by atoms with Crippen molar-refractivity contribution in [3.8, 4) is 0 Å². The molecule has 0 radical (unpaired) electrons. The Morgan fingerprint density at radius 1 is 1.07 bits per heavy atom. The minimum absolute atomic E-state index is 0.671. The van der Waals surface area contributed by atoms with E-state index < -0.39 is 0 Å². The Kier molecular flexibility index (Phi) is 9.12. The molecule has 0 aromatic rings. The lowest BCUT2D eigenvalue weighted by molar-refractivity contribution is 0.241. The Morgan fingerprint density at radius 3 is 2.20 bits per heavy atom. The van der Waals surface area contributed by atoms with Crippen LogP contribution in [0.4, 0.5) is 0 Å². The van der Waals surface area contributed by atoms with Crippen LogP contribution in [0.25, 0.3) is 0 Å². The van der Waals surface area contributed by atoms with Gasteiger partial charge < -0.3 is 10.2 Å². The third-order valence-electron chi connectivity index (χ3n) is 3.14. The maximum Gasteiger partial charge on any atom is 0.0107 e. The van der Waals surface area contributed by atoms with Gasteiger partial charge in [-0.25, -0.2) is 0 Å². The molecule has 0 heterocycles. The largest absolute Gasteiger partial charge is 0.313 e. The number of nitrogens with zero attached hydrogens (tertiary/aromatic N) is 1. The van der Waals surface area contributed by atoms with Crippen LogP contribution >= 0.6 is 0 Å². The molecule has 1 N–H and O–H groups in total. The molecule has 0 fully saturated rings. The average molecular weight is 214 g/mol. The van der Waals surface area contributed by atoms with Crippen molar-refractivity contribution in [3.05, 3.63) is 0 Å². The van der Waals surface area contributed by atoms with E-state index in [2.05, 4.69) is 45.0 Å². The smallest absolute Gasteiger partial charge is 0.0107 e. The van der Waals surface area contributed by atoms with Crippen molar-refractivity contribution in [1.29, 1.82) is 0 Å². The van der Waals surface area contributed by atoms with Crippen LogP contribution in [0.2, 0.25) is 0 Å². The first-order valence-electron chi connectivity index (χ1n) is 6.55. The lowest BCUT2D eigenvalue weighted by Gasteiger charge is -2.25. The van der Waals surface area contributed by atoms with E-state index in [0.717, 1.165) is 19.1 Å². The molecule has 0 aromatic carbocycles. The fourth-order valence-electron chi connectivity index (χ4n) is 1.88. The van der Waals surface area contributed by atoms with E-state index in [1.165, 1.54) is 25.7 Å². The van der Waals surface area contributed by atoms with Crippen molar-refractivity contribution in [2.75, 3.05) is 20.1 Å². The van der Waals surface area contributed by atoms with Crippen molar-refractivity contribution >= 4 is 0 Å². The van der Waals surface area contributed by atoms with Crippen LogP contribution in [-0.4, -0.2) is 37.1 Å². The van der Waals surface area contributed by atoms with Gasteiger partial charge >= 0.3 is 0 Å². The number of rotatable bonds is 9. The minimum Gasteiger partial charge on any atom is -0.313 e. The highest BCUT2D eigenvalue weighted by Gasteiger charge is 2.07. The normalized spacial score (nSPS) is 15.6. The lowest BCUT2D eigenvalue weighted by atomic mass is 10.1. The lowest BCUT2D eigenvalue weighted by Crippen LogP contribution is -2.38. The number of hydrogen-bond acceptors (Lipinski definition) is 2. The summed E-state index contributed by atoms with van der Waals surface area (Å²) in [5.41, 5.74) is 0. The van der Waals surface area contributed by atoms with E-state index >= 15 is 0 Å². The molecule has 0 aromatic heterocycles. The molecule has 0 aliphatic carbocycles. The molecule has 0 aliphatic rings. The van der Waals surface area contributed by atoms with Gasteiger partial charge in [-0.3, -0.25) is 0 Å². The Morgan fingerprint density at radius 2 is 1.67 bits per heavy atom. The highest BCUT2D eigenvalue weighted by molar-refractivity contribution is 4.66. The Hall–Kier alpha value is -0.0800. The second-order valence-corrected chi connectivity index (χ2v) is 4.76. The van der Waals surface area contributed by atoms with Crippen molar-refractivity contribution in [2.24, 2.45) is 0 Å². The Bertz CT molecular complexity index is 136. The van der Waals surface area contributed by atoms with Gasteiger partial charge in [0, 0.05) is 25.2 Å². The fourth-order valence-corrected chi connectivity index (χ4v) is 1.88. The highest BCUT2D eigenvalue weighted by atomic mass is 15.1. The summed E-state index contributed by atoms with van der Waals surface area (Å²) >= 11 is 0. The molecule has 2 nitrogen and oxygen atoms in total. The standard InChI is InChI=1S/C13H30N2/c1-6-8-12(3)14-10-11-15(5)13(4)9-7-2/h12-14H,6-11H2,1-5H3. The minimum atomic E-state index is 0.671. The predicted octanol–water partition coefficient (Wildman–Crippen LogP) is 2.89. The first kappa shape index (κ1) is 14.9. The maximum atomic E-state index is 3.57. The molecule has 2 unspecified atom stereocenters. The molecule has 0 aliphatic heterocycles. The first-order chi connectivity index (χ1) is 7.11. The molecule has 15 heavy (non-hydrogen) atoms. The van der Waals surface area contributed by atoms with E-state index in [1.54, 1.807) is 0 Å². The summed E-state index contributed by atoms with van der Waals surface area (Å²) in [6.07, 6.45) is 5.15. The summed E-state index contributed by atoms with van der Waals surface area (Å²) in [6, 6.07) is 1.39. The summed E-state index contributed by atoms with van der Waals surface area (Å²) < 4.78 is 0. The van der Waals surface area contributed by atoms with Crippen LogP contribution in [-0.2, 0) is 0 Å². The highest BCUT2D eigenvalue weighted by Crippen LogP contribution is 2.03. The molecule has 0 saturated carbocycles. The van der Waals surface area contributed by atoms with Gasteiger partial charge in [0.05, 0.1) is 0 Å². The van der Waals surface area contributed by atoms with Crippen LogP contribution in [0.15, 0.2) is 0 Å². The van der Waals surface area contributed by atoms with Crippen molar-refractivity contribution < 1.29 is 0 Å². The second-order valence-electron chi connectivity index (χ2n) is 4.76. The summed E-state index contributed by atoms with van der Waals surface area (Å²) in [7, 11) is 2.23. The zero-order chi connectivity index (χ0) is 11.7. The average Bonchev–Trinajstić information content (AvgIpc) is 2.18. The Balaban J connectivity index is 3.49. The van der Waals surface area contributed by atoms with Gasteiger partial charge in [-0.2, -0.15) is 0 Å². The Labute approximate surface area is 96.4 Å². The molecule has 0 spiro atoms. The SMILES string of the molecule is CCCC(C)NCCN(C)C(C)CCC. The fraction of sp³-hybridized carbons (Fsp3) is 1.00. The van der Waals surface area contributed by atoms with Gasteiger partial charge in [0.2, 0.25) is 0 Å². The van der Waals surface area contributed by atoms with E-state index in [9.17, 15) is 0 Å².